The molecule has 1 N–H and O–H groups in total. The summed E-state index contributed by atoms with van der Waals surface area (Å²) in [6.07, 6.45) is 0.818. The van der Waals surface area contributed by atoms with Gasteiger partial charge in [0.2, 0.25) is 0 Å². The Morgan fingerprint density at radius 2 is 1.94 bits per heavy atom. The average Bonchev–Trinajstić information content (AvgIpc) is 2.30. The molecule has 0 radical (unpaired) electrons. The van der Waals surface area contributed by atoms with E-state index in [1.807, 2.05) is 27.7 Å². The number of hydrogen-bond acceptors (Lipinski definition) is 3. The number of rotatable bonds is 4. The second-order valence-corrected chi connectivity index (χ2v) is 6.22. The van der Waals surface area contributed by atoms with Crippen LogP contribution in [-0.2, 0) is 9.53 Å². The van der Waals surface area contributed by atoms with Crippen LogP contribution in [-0.4, -0.2) is 29.6 Å². The number of carbonyl (C=O) groups excluding carboxylic acids is 1. The predicted octanol–water partition coefficient (Wildman–Crippen LogP) is 2.15. The Hall–Kier alpha value is -0.410. The van der Waals surface area contributed by atoms with E-state index in [2.05, 4.69) is 19.2 Å². The summed E-state index contributed by atoms with van der Waals surface area (Å²) in [7, 11) is 0. The second kappa shape index (κ2) is 4.46. The lowest BCUT2D eigenvalue weighted by Gasteiger charge is -2.26. The minimum Gasteiger partial charge on any atom is -0.369 e. The fourth-order valence-electron chi connectivity index (χ4n) is 2.49. The lowest BCUT2D eigenvalue weighted by molar-refractivity contribution is -0.128. The number of nitrogens with one attached hydrogen (secondary N) is 1. The average molecular weight is 227 g/mol. The number of carbonyl (C=O) groups is 1. The Kier molecular flexibility index (Phi) is 3.80. The van der Waals surface area contributed by atoms with Crippen LogP contribution in [0.25, 0.3) is 0 Å². The molecule has 1 saturated heterocycles. The lowest BCUT2D eigenvalue weighted by Crippen LogP contribution is -2.39. The van der Waals surface area contributed by atoms with E-state index in [4.69, 9.17) is 4.74 Å². The van der Waals surface area contributed by atoms with Crippen LogP contribution in [0.2, 0.25) is 0 Å². The Labute approximate surface area is 98.9 Å². The normalized spacial score (nSPS) is 27.3. The maximum atomic E-state index is 12.1. The van der Waals surface area contributed by atoms with E-state index in [1.165, 1.54) is 0 Å². The molecular formula is C13H25NO2. The quantitative estimate of drug-likeness (QED) is 0.799. The van der Waals surface area contributed by atoms with Gasteiger partial charge >= 0.3 is 0 Å². The van der Waals surface area contributed by atoms with Gasteiger partial charge in [-0.1, -0.05) is 13.8 Å². The van der Waals surface area contributed by atoms with E-state index in [1.54, 1.807) is 0 Å². The summed E-state index contributed by atoms with van der Waals surface area (Å²) in [5.41, 5.74) is -0.513. The minimum atomic E-state index is -0.334. The van der Waals surface area contributed by atoms with Gasteiger partial charge in [-0.2, -0.15) is 0 Å². The number of ketones is 1. The molecule has 16 heavy (non-hydrogen) atoms. The van der Waals surface area contributed by atoms with Crippen molar-refractivity contribution in [3.8, 4) is 0 Å². The summed E-state index contributed by atoms with van der Waals surface area (Å²) in [6, 6.07) is 0.349. The summed E-state index contributed by atoms with van der Waals surface area (Å²) in [5.74, 6) is 0.276. The van der Waals surface area contributed by atoms with Crippen LogP contribution in [0.4, 0.5) is 0 Å². The van der Waals surface area contributed by atoms with Crippen LogP contribution in [0.15, 0.2) is 0 Å². The molecule has 0 amide bonds. The zero-order chi connectivity index (χ0) is 12.6. The third-order valence-electron chi connectivity index (χ3n) is 3.15. The van der Waals surface area contributed by atoms with Gasteiger partial charge in [0.1, 0.15) is 0 Å². The topological polar surface area (TPSA) is 38.3 Å². The molecule has 1 heterocycles. The van der Waals surface area contributed by atoms with Gasteiger partial charge < -0.3 is 10.1 Å². The molecule has 94 valence electrons. The smallest absolute Gasteiger partial charge is 0.152 e. The Morgan fingerprint density at radius 1 is 1.38 bits per heavy atom. The lowest BCUT2D eigenvalue weighted by atomic mass is 9.84. The fraction of sp³-hybridized carbons (Fsp3) is 0.923. The summed E-state index contributed by atoms with van der Waals surface area (Å²) in [4.78, 5) is 12.1. The van der Waals surface area contributed by atoms with Gasteiger partial charge in [0, 0.05) is 6.04 Å². The molecule has 1 atom stereocenters. The van der Waals surface area contributed by atoms with Gasteiger partial charge in [0.15, 0.2) is 5.78 Å². The van der Waals surface area contributed by atoms with Gasteiger partial charge in [-0.3, -0.25) is 4.79 Å². The zero-order valence-corrected chi connectivity index (χ0v) is 11.4. The minimum absolute atomic E-state index is 0.00810. The molecule has 1 fully saturated rings. The first kappa shape index (κ1) is 13.7. The van der Waals surface area contributed by atoms with Gasteiger partial charge in [0.05, 0.1) is 23.7 Å². The maximum Gasteiger partial charge on any atom is 0.152 e. The van der Waals surface area contributed by atoms with Crippen molar-refractivity contribution in [2.75, 3.05) is 6.54 Å². The summed E-state index contributed by atoms with van der Waals surface area (Å²) >= 11 is 0. The van der Waals surface area contributed by atoms with Gasteiger partial charge in [-0.05, 0) is 34.1 Å². The van der Waals surface area contributed by atoms with Crippen molar-refractivity contribution in [2.24, 2.45) is 5.92 Å². The SMILES string of the molecule is CC(C)NCC(=O)C1CC(C)(C)OC1(C)C. The van der Waals surface area contributed by atoms with Crippen LogP contribution in [0.3, 0.4) is 0 Å². The molecule has 1 aliphatic rings. The van der Waals surface area contributed by atoms with Gasteiger partial charge in [0.25, 0.3) is 0 Å². The molecule has 0 saturated carbocycles. The molecule has 0 aliphatic carbocycles. The van der Waals surface area contributed by atoms with Crippen molar-refractivity contribution in [1.29, 1.82) is 0 Å². The van der Waals surface area contributed by atoms with Crippen molar-refractivity contribution in [2.45, 2.75) is 65.2 Å². The monoisotopic (exact) mass is 227 g/mol. The predicted molar refractivity (Wildman–Crippen MR) is 65.5 cm³/mol. The maximum absolute atomic E-state index is 12.1. The van der Waals surface area contributed by atoms with Crippen molar-refractivity contribution < 1.29 is 9.53 Å². The summed E-state index contributed by atoms with van der Waals surface area (Å²) in [6.45, 7) is 12.7. The number of hydrogen-bond donors (Lipinski definition) is 1. The Balaban J connectivity index is 2.63. The molecule has 0 aromatic heterocycles. The third kappa shape index (κ3) is 3.29. The molecule has 0 aromatic carbocycles. The molecule has 0 bridgehead atoms. The highest BCUT2D eigenvalue weighted by Crippen LogP contribution is 2.42. The molecule has 0 aromatic rings. The second-order valence-electron chi connectivity index (χ2n) is 6.22. The van der Waals surface area contributed by atoms with E-state index in [-0.39, 0.29) is 22.9 Å². The van der Waals surface area contributed by atoms with E-state index in [9.17, 15) is 4.79 Å². The largest absolute Gasteiger partial charge is 0.369 e. The van der Waals surface area contributed by atoms with Gasteiger partial charge in [-0.25, -0.2) is 0 Å². The first-order chi connectivity index (χ1) is 7.14. The van der Waals surface area contributed by atoms with E-state index >= 15 is 0 Å². The first-order valence-electron chi connectivity index (χ1n) is 6.10. The molecular weight excluding hydrogens is 202 g/mol. The van der Waals surface area contributed by atoms with E-state index in [0.29, 0.717) is 12.6 Å². The molecule has 3 heteroatoms. The van der Waals surface area contributed by atoms with E-state index in [0.717, 1.165) is 6.42 Å². The van der Waals surface area contributed by atoms with Crippen LogP contribution < -0.4 is 5.32 Å². The highest BCUT2D eigenvalue weighted by atomic mass is 16.5. The highest BCUT2D eigenvalue weighted by Gasteiger charge is 2.48. The van der Waals surface area contributed by atoms with Gasteiger partial charge in [-0.15, -0.1) is 0 Å². The van der Waals surface area contributed by atoms with Crippen LogP contribution in [0.1, 0.15) is 48.0 Å². The Bertz CT molecular complexity index is 269. The van der Waals surface area contributed by atoms with Crippen molar-refractivity contribution in [3.05, 3.63) is 0 Å². The van der Waals surface area contributed by atoms with Crippen LogP contribution >= 0.6 is 0 Å². The first-order valence-corrected chi connectivity index (χ1v) is 6.10. The summed E-state index contributed by atoms with van der Waals surface area (Å²) in [5, 5.41) is 3.18. The van der Waals surface area contributed by atoms with E-state index < -0.39 is 0 Å². The van der Waals surface area contributed by atoms with Crippen molar-refractivity contribution >= 4 is 5.78 Å². The Morgan fingerprint density at radius 3 is 2.31 bits per heavy atom. The van der Waals surface area contributed by atoms with Crippen molar-refractivity contribution in [1.82, 2.24) is 5.32 Å². The molecule has 1 rings (SSSR count). The highest BCUT2D eigenvalue weighted by molar-refractivity contribution is 5.84. The number of ether oxygens (including phenoxy) is 1. The number of Topliss-reactive ketones (excluding diaryl/α,β-unsaturated/α-hetero) is 1. The molecule has 0 spiro atoms. The van der Waals surface area contributed by atoms with Crippen LogP contribution in [0, 0.1) is 5.92 Å². The summed E-state index contributed by atoms with van der Waals surface area (Å²) < 4.78 is 5.93. The fourth-order valence-corrected chi connectivity index (χ4v) is 2.49. The van der Waals surface area contributed by atoms with Crippen molar-refractivity contribution in [3.63, 3.8) is 0 Å². The molecule has 3 nitrogen and oxygen atoms in total. The third-order valence-corrected chi connectivity index (χ3v) is 3.15. The molecule has 1 aliphatic heterocycles. The van der Waals surface area contributed by atoms with Crippen LogP contribution in [0.5, 0.6) is 0 Å². The molecule has 1 unspecified atom stereocenters. The zero-order valence-electron chi connectivity index (χ0n) is 11.4. The standard InChI is InChI=1S/C13H25NO2/c1-9(2)14-8-11(15)10-7-12(3,4)16-13(10,5)6/h9-10,14H,7-8H2,1-6H3.